The third kappa shape index (κ3) is 3.16. The van der Waals surface area contributed by atoms with Crippen molar-refractivity contribution in [2.75, 3.05) is 24.5 Å². The Bertz CT molecular complexity index is 669. The first-order valence-corrected chi connectivity index (χ1v) is 6.71. The summed E-state index contributed by atoms with van der Waals surface area (Å²) in [6.07, 6.45) is -6.12. The van der Waals surface area contributed by atoms with Gasteiger partial charge in [0, 0.05) is 25.7 Å². The lowest BCUT2D eigenvalue weighted by Gasteiger charge is -2.39. The average Bonchev–Trinajstić information content (AvgIpc) is 2.44. The highest BCUT2D eigenvalue weighted by Gasteiger charge is 2.39. The van der Waals surface area contributed by atoms with Crippen molar-refractivity contribution in [2.45, 2.75) is 19.1 Å². The van der Waals surface area contributed by atoms with Crippen LogP contribution in [0.2, 0.25) is 0 Å². The minimum absolute atomic E-state index is 0.0529. The highest BCUT2D eigenvalue weighted by atomic mass is 19.4. The fourth-order valence-corrected chi connectivity index (χ4v) is 2.64. The predicted octanol–water partition coefficient (Wildman–Crippen LogP) is 2.90. The smallest absolute Gasteiger partial charge is 0.420 e. The van der Waals surface area contributed by atoms with Crippen molar-refractivity contribution in [3.05, 3.63) is 29.1 Å². The van der Waals surface area contributed by atoms with E-state index in [1.165, 1.54) is 11.0 Å². The number of amides is 1. The van der Waals surface area contributed by atoms with E-state index >= 15 is 0 Å². The molecule has 0 spiro atoms. The molecule has 0 saturated carbocycles. The molecule has 1 N–H and O–H groups in total. The van der Waals surface area contributed by atoms with E-state index < -0.39 is 35.3 Å². The molecule has 5 nitrogen and oxygen atoms in total. The molecule has 1 aromatic carbocycles. The molecular weight excluding hydrogens is 318 g/mol. The fraction of sp³-hybridized carbons (Fsp3) is 0.429. The van der Waals surface area contributed by atoms with Crippen LogP contribution in [-0.2, 0) is 6.18 Å². The molecule has 124 valence electrons. The topological polar surface area (TPSA) is 67.6 Å². The second-order valence-corrected chi connectivity index (χ2v) is 5.20. The van der Waals surface area contributed by atoms with E-state index in [2.05, 4.69) is 0 Å². The van der Waals surface area contributed by atoms with Crippen LogP contribution in [0.15, 0.2) is 12.1 Å². The molecule has 1 aliphatic heterocycles. The van der Waals surface area contributed by atoms with Crippen LogP contribution in [0.5, 0.6) is 0 Å². The highest BCUT2D eigenvalue weighted by molar-refractivity contribution is 5.66. The van der Waals surface area contributed by atoms with Crippen LogP contribution in [0.4, 0.5) is 28.0 Å². The quantitative estimate of drug-likeness (QED) is 0.804. The zero-order valence-corrected chi connectivity index (χ0v) is 12.1. The van der Waals surface area contributed by atoms with Gasteiger partial charge in [0.2, 0.25) is 0 Å². The fourth-order valence-electron chi connectivity index (χ4n) is 2.64. The number of halogens is 4. The van der Waals surface area contributed by atoms with E-state index in [9.17, 15) is 22.4 Å². The first kappa shape index (κ1) is 16.9. The lowest BCUT2D eigenvalue weighted by Crippen LogP contribution is -2.54. The maximum absolute atomic E-state index is 14.3. The number of carboxylic acid groups (broad SMARTS) is 1. The van der Waals surface area contributed by atoms with Gasteiger partial charge in [-0.15, -0.1) is 0 Å². The Labute approximate surface area is 129 Å². The molecule has 1 aliphatic rings. The van der Waals surface area contributed by atoms with Gasteiger partial charge in [0.15, 0.2) is 5.82 Å². The van der Waals surface area contributed by atoms with Gasteiger partial charge in [-0.3, -0.25) is 0 Å². The Balaban J connectivity index is 2.39. The minimum atomic E-state index is -4.99. The number of hydrogen-bond donors (Lipinski definition) is 1. The molecule has 0 bridgehead atoms. The van der Waals surface area contributed by atoms with E-state index in [-0.39, 0.29) is 25.3 Å². The van der Waals surface area contributed by atoms with Crippen LogP contribution in [0.3, 0.4) is 0 Å². The van der Waals surface area contributed by atoms with E-state index in [0.29, 0.717) is 0 Å². The zero-order valence-electron chi connectivity index (χ0n) is 12.1. The van der Waals surface area contributed by atoms with Gasteiger partial charge < -0.3 is 14.9 Å². The van der Waals surface area contributed by atoms with E-state index in [1.807, 2.05) is 0 Å². The summed E-state index contributed by atoms with van der Waals surface area (Å²) in [4.78, 5) is 13.5. The van der Waals surface area contributed by atoms with Gasteiger partial charge in [-0.25, -0.2) is 9.18 Å². The largest absolute Gasteiger partial charge is 0.465 e. The van der Waals surface area contributed by atoms with E-state index in [1.54, 1.807) is 6.92 Å². The second-order valence-electron chi connectivity index (χ2n) is 5.20. The van der Waals surface area contributed by atoms with E-state index in [0.717, 1.165) is 17.0 Å². The molecule has 0 unspecified atom stereocenters. The molecule has 0 radical (unpaired) electrons. The number of rotatable bonds is 1. The summed E-state index contributed by atoms with van der Waals surface area (Å²) in [5, 5.41) is 17.7. The van der Waals surface area contributed by atoms with Crippen molar-refractivity contribution in [2.24, 2.45) is 0 Å². The second kappa shape index (κ2) is 5.95. The summed E-state index contributed by atoms with van der Waals surface area (Å²) in [5.41, 5.74) is -2.66. The molecule has 1 atom stereocenters. The number of nitriles is 1. The van der Waals surface area contributed by atoms with Gasteiger partial charge in [-0.1, -0.05) is 0 Å². The van der Waals surface area contributed by atoms with Gasteiger partial charge in [-0.05, 0) is 19.1 Å². The molecule has 1 fully saturated rings. The summed E-state index contributed by atoms with van der Waals surface area (Å²) in [5.74, 6) is -1.51. The SMILES string of the molecule is C[C@H]1CN(c2ccc(C#N)c(C(F)(F)F)c2F)CCN1C(=O)O. The summed E-state index contributed by atoms with van der Waals surface area (Å²) in [6, 6.07) is 2.89. The monoisotopic (exact) mass is 331 g/mol. The number of nitrogens with zero attached hydrogens (tertiary/aromatic N) is 3. The Hall–Kier alpha value is -2.50. The molecule has 0 aromatic heterocycles. The molecule has 1 saturated heterocycles. The maximum atomic E-state index is 14.3. The maximum Gasteiger partial charge on any atom is 0.420 e. The van der Waals surface area contributed by atoms with Crippen LogP contribution in [-0.4, -0.2) is 41.8 Å². The third-order valence-corrected chi connectivity index (χ3v) is 3.74. The van der Waals surface area contributed by atoms with Crippen molar-refractivity contribution in [3.63, 3.8) is 0 Å². The van der Waals surface area contributed by atoms with Crippen LogP contribution in [0, 0.1) is 17.1 Å². The number of alkyl halides is 3. The summed E-state index contributed by atoms with van der Waals surface area (Å²) < 4.78 is 53.3. The number of benzene rings is 1. The highest BCUT2D eigenvalue weighted by Crippen LogP contribution is 2.38. The van der Waals surface area contributed by atoms with Gasteiger partial charge >= 0.3 is 12.3 Å². The van der Waals surface area contributed by atoms with Crippen LogP contribution in [0.25, 0.3) is 0 Å². The number of hydrogen-bond acceptors (Lipinski definition) is 3. The predicted molar refractivity (Wildman–Crippen MR) is 72.5 cm³/mol. The van der Waals surface area contributed by atoms with E-state index in [4.69, 9.17) is 10.4 Å². The van der Waals surface area contributed by atoms with Gasteiger partial charge in [0.05, 0.1) is 17.3 Å². The van der Waals surface area contributed by atoms with Gasteiger partial charge in [-0.2, -0.15) is 18.4 Å². The standard InChI is InChI=1S/C14H13F4N3O2/c1-8-7-20(4-5-21(8)13(22)23)10-3-2-9(6-19)11(12(10)15)14(16,17)18/h2-3,8H,4-5,7H2,1H3,(H,22,23)/t8-/m0/s1. The summed E-state index contributed by atoms with van der Waals surface area (Å²) in [6.45, 7) is 1.77. The molecule has 1 heterocycles. The van der Waals surface area contributed by atoms with Crippen molar-refractivity contribution >= 4 is 11.8 Å². The third-order valence-electron chi connectivity index (χ3n) is 3.74. The Kier molecular flexibility index (Phi) is 4.36. The number of carbonyl (C=O) groups is 1. The Morgan fingerprint density at radius 2 is 2.04 bits per heavy atom. The van der Waals surface area contributed by atoms with Crippen LogP contribution < -0.4 is 4.90 Å². The lowest BCUT2D eigenvalue weighted by atomic mass is 10.0. The van der Waals surface area contributed by atoms with Crippen LogP contribution in [0.1, 0.15) is 18.1 Å². The van der Waals surface area contributed by atoms with Gasteiger partial charge in [0.25, 0.3) is 0 Å². The minimum Gasteiger partial charge on any atom is -0.465 e. The van der Waals surface area contributed by atoms with Crippen molar-refractivity contribution < 1.29 is 27.5 Å². The molecular formula is C14H13F4N3O2. The summed E-state index contributed by atoms with van der Waals surface area (Å²) in [7, 11) is 0. The van der Waals surface area contributed by atoms with Crippen molar-refractivity contribution in [3.8, 4) is 6.07 Å². The first-order valence-electron chi connectivity index (χ1n) is 6.71. The molecule has 0 aliphatic carbocycles. The average molecular weight is 331 g/mol. The van der Waals surface area contributed by atoms with Crippen LogP contribution >= 0.6 is 0 Å². The Morgan fingerprint density at radius 3 is 2.52 bits per heavy atom. The normalized spacial score (nSPS) is 18.7. The first-order chi connectivity index (χ1) is 10.7. The zero-order chi connectivity index (χ0) is 17.4. The number of piperazine rings is 1. The molecule has 9 heteroatoms. The molecule has 1 aromatic rings. The summed E-state index contributed by atoms with van der Waals surface area (Å²) >= 11 is 0. The van der Waals surface area contributed by atoms with Gasteiger partial charge in [0.1, 0.15) is 5.56 Å². The van der Waals surface area contributed by atoms with Crippen molar-refractivity contribution in [1.82, 2.24) is 4.90 Å². The van der Waals surface area contributed by atoms with Crippen molar-refractivity contribution in [1.29, 1.82) is 5.26 Å². The molecule has 1 amide bonds. The molecule has 2 rings (SSSR count). The molecule has 23 heavy (non-hydrogen) atoms. The lowest BCUT2D eigenvalue weighted by molar-refractivity contribution is -0.140. The number of anilines is 1. The Morgan fingerprint density at radius 1 is 1.39 bits per heavy atom.